The molecule has 5 nitrogen and oxygen atoms in total. The quantitative estimate of drug-likeness (QED) is 0.582. The Kier molecular flexibility index (Phi) is 7.12. The summed E-state index contributed by atoms with van der Waals surface area (Å²) < 4.78 is 5.16. The van der Waals surface area contributed by atoms with Crippen LogP contribution >= 0.6 is 11.6 Å². The van der Waals surface area contributed by atoms with Gasteiger partial charge in [-0.3, -0.25) is 9.59 Å². The van der Waals surface area contributed by atoms with E-state index in [1.807, 2.05) is 0 Å². The highest BCUT2D eigenvalue weighted by molar-refractivity contribution is 6.31. The van der Waals surface area contributed by atoms with Crippen molar-refractivity contribution in [2.24, 2.45) is 0 Å². The minimum Gasteiger partial charge on any atom is -0.495 e. The van der Waals surface area contributed by atoms with E-state index in [0.717, 1.165) is 19.3 Å². The lowest BCUT2D eigenvalue weighted by molar-refractivity contribution is -0.126. The zero-order valence-corrected chi connectivity index (χ0v) is 14.6. The number of amides is 2. The summed E-state index contributed by atoms with van der Waals surface area (Å²) in [6, 6.07) is 4.92. The molecule has 2 N–H and O–H groups in total. The molecule has 0 bridgehead atoms. The standard InChI is InChI=1S/C18H23ClN2O3/c1-24-16-8-7-14(19)11-15(16)21-18(23)12-17(22)20-10-9-13-5-3-2-4-6-13/h5,7-8,11H,2-4,6,9-10,12H2,1H3,(H,20,22)(H,21,23). The molecule has 2 amide bonds. The number of hydrogen-bond donors (Lipinski definition) is 2. The lowest BCUT2D eigenvalue weighted by Gasteiger charge is -2.13. The van der Waals surface area contributed by atoms with Crippen LogP contribution in [0.2, 0.25) is 5.02 Å². The zero-order valence-electron chi connectivity index (χ0n) is 13.9. The summed E-state index contributed by atoms with van der Waals surface area (Å²) in [5.74, 6) is -0.188. The summed E-state index contributed by atoms with van der Waals surface area (Å²) in [7, 11) is 1.51. The van der Waals surface area contributed by atoms with Crippen molar-refractivity contribution in [3.05, 3.63) is 34.9 Å². The van der Waals surface area contributed by atoms with E-state index in [1.54, 1.807) is 18.2 Å². The Bertz CT molecular complexity index is 629. The number of hydrogen-bond acceptors (Lipinski definition) is 3. The second-order valence-corrected chi connectivity index (χ2v) is 6.21. The normalized spacial score (nSPS) is 13.8. The molecule has 0 atom stereocenters. The monoisotopic (exact) mass is 350 g/mol. The lowest BCUT2D eigenvalue weighted by atomic mass is 9.97. The van der Waals surface area contributed by atoms with Gasteiger partial charge >= 0.3 is 0 Å². The predicted molar refractivity (Wildman–Crippen MR) is 95.4 cm³/mol. The topological polar surface area (TPSA) is 67.4 Å². The number of halogens is 1. The number of methoxy groups -OCH3 is 1. The third-order valence-corrected chi connectivity index (χ3v) is 4.15. The van der Waals surface area contributed by atoms with Crippen molar-refractivity contribution in [3.8, 4) is 5.75 Å². The number of nitrogens with one attached hydrogen (secondary N) is 2. The van der Waals surface area contributed by atoms with Crippen LogP contribution in [0.4, 0.5) is 5.69 Å². The van der Waals surface area contributed by atoms with Crippen molar-refractivity contribution in [2.75, 3.05) is 19.0 Å². The smallest absolute Gasteiger partial charge is 0.233 e. The van der Waals surface area contributed by atoms with Crippen molar-refractivity contribution in [1.29, 1.82) is 0 Å². The average Bonchev–Trinajstić information content (AvgIpc) is 2.56. The summed E-state index contributed by atoms with van der Waals surface area (Å²) in [5.41, 5.74) is 1.85. The van der Waals surface area contributed by atoms with Crippen molar-refractivity contribution < 1.29 is 14.3 Å². The van der Waals surface area contributed by atoms with Gasteiger partial charge in [0.1, 0.15) is 12.2 Å². The van der Waals surface area contributed by atoms with E-state index in [0.29, 0.717) is 23.0 Å². The van der Waals surface area contributed by atoms with Gasteiger partial charge in [0.2, 0.25) is 11.8 Å². The third-order valence-electron chi connectivity index (χ3n) is 3.91. The van der Waals surface area contributed by atoms with Crippen LogP contribution in [0.25, 0.3) is 0 Å². The van der Waals surface area contributed by atoms with Crippen molar-refractivity contribution in [1.82, 2.24) is 5.32 Å². The molecule has 130 valence electrons. The van der Waals surface area contributed by atoms with Gasteiger partial charge in [-0.05, 0) is 50.3 Å². The highest BCUT2D eigenvalue weighted by Gasteiger charge is 2.12. The Morgan fingerprint density at radius 1 is 1.25 bits per heavy atom. The maximum Gasteiger partial charge on any atom is 0.233 e. The summed E-state index contributed by atoms with van der Waals surface area (Å²) in [5, 5.41) is 5.92. The van der Waals surface area contributed by atoms with Gasteiger partial charge in [0.05, 0.1) is 12.8 Å². The van der Waals surface area contributed by atoms with Crippen LogP contribution in [0.15, 0.2) is 29.8 Å². The highest BCUT2D eigenvalue weighted by Crippen LogP contribution is 2.27. The number of carbonyl (C=O) groups is 2. The first-order valence-electron chi connectivity index (χ1n) is 8.16. The number of rotatable bonds is 7. The van der Waals surface area contributed by atoms with Crippen molar-refractivity contribution in [2.45, 2.75) is 38.5 Å². The van der Waals surface area contributed by atoms with Crippen LogP contribution in [-0.4, -0.2) is 25.5 Å². The molecular formula is C18H23ClN2O3. The van der Waals surface area contributed by atoms with Crippen LogP contribution in [0, 0.1) is 0 Å². The molecule has 0 aromatic heterocycles. The van der Waals surface area contributed by atoms with E-state index in [-0.39, 0.29) is 12.3 Å². The van der Waals surface area contributed by atoms with Crippen LogP contribution in [0.1, 0.15) is 38.5 Å². The molecule has 1 aliphatic carbocycles. The maximum absolute atomic E-state index is 12.0. The first-order valence-corrected chi connectivity index (χ1v) is 8.54. The fourth-order valence-electron chi connectivity index (χ4n) is 2.67. The molecule has 0 unspecified atom stereocenters. The van der Waals surface area contributed by atoms with Gasteiger partial charge in [-0.1, -0.05) is 23.3 Å². The molecule has 0 aliphatic heterocycles. The summed E-state index contributed by atoms with van der Waals surface area (Å²) >= 11 is 5.91. The fourth-order valence-corrected chi connectivity index (χ4v) is 2.85. The van der Waals surface area contributed by atoms with Crippen LogP contribution in [0.5, 0.6) is 5.75 Å². The predicted octanol–water partition coefficient (Wildman–Crippen LogP) is 3.68. The van der Waals surface area contributed by atoms with E-state index in [2.05, 4.69) is 16.7 Å². The molecular weight excluding hydrogens is 328 g/mol. The maximum atomic E-state index is 12.0. The summed E-state index contributed by atoms with van der Waals surface area (Å²) in [6.45, 7) is 0.568. The van der Waals surface area contributed by atoms with Crippen LogP contribution < -0.4 is 15.4 Å². The molecule has 0 radical (unpaired) electrons. The van der Waals surface area contributed by atoms with Gasteiger partial charge in [-0.25, -0.2) is 0 Å². The zero-order chi connectivity index (χ0) is 17.4. The molecule has 0 saturated heterocycles. The average molecular weight is 351 g/mol. The lowest BCUT2D eigenvalue weighted by Crippen LogP contribution is -2.29. The molecule has 1 aromatic rings. The van der Waals surface area contributed by atoms with Crippen molar-refractivity contribution >= 4 is 29.1 Å². The van der Waals surface area contributed by atoms with E-state index < -0.39 is 5.91 Å². The Morgan fingerprint density at radius 3 is 2.79 bits per heavy atom. The van der Waals surface area contributed by atoms with Gasteiger partial charge < -0.3 is 15.4 Å². The van der Waals surface area contributed by atoms with Gasteiger partial charge in [0, 0.05) is 11.6 Å². The second kappa shape index (κ2) is 9.33. The molecule has 0 fully saturated rings. The number of carbonyl (C=O) groups excluding carboxylic acids is 2. The summed E-state index contributed by atoms with van der Waals surface area (Å²) in [4.78, 5) is 23.8. The molecule has 0 spiro atoms. The van der Waals surface area contributed by atoms with Gasteiger partial charge in [0.15, 0.2) is 0 Å². The molecule has 0 heterocycles. The second-order valence-electron chi connectivity index (χ2n) is 5.78. The molecule has 0 saturated carbocycles. The first kappa shape index (κ1) is 18.3. The number of ether oxygens (including phenoxy) is 1. The molecule has 1 aliphatic rings. The van der Waals surface area contributed by atoms with Gasteiger partial charge in [-0.2, -0.15) is 0 Å². The Morgan fingerprint density at radius 2 is 2.08 bits per heavy atom. The molecule has 24 heavy (non-hydrogen) atoms. The van der Waals surface area contributed by atoms with E-state index in [9.17, 15) is 9.59 Å². The molecule has 1 aromatic carbocycles. The molecule has 6 heteroatoms. The SMILES string of the molecule is COc1ccc(Cl)cc1NC(=O)CC(=O)NCCC1=CCCCC1. The number of anilines is 1. The largest absolute Gasteiger partial charge is 0.495 e. The minimum atomic E-state index is -0.398. The minimum absolute atomic E-state index is 0.227. The number of allylic oxidation sites excluding steroid dienone is 1. The van der Waals surface area contributed by atoms with E-state index in [1.165, 1.54) is 25.5 Å². The first-order chi connectivity index (χ1) is 11.6. The molecule has 2 rings (SSSR count). The van der Waals surface area contributed by atoms with E-state index >= 15 is 0 Å². The Hall–Kier alpha value is -2.01. The Labute approximate surface area is 147 Å². The van der Waals surface area contributed by atoms with Gasteiger partial charge in [0.25, 0.3) is 0 Å². The van der Waals surface area contributed by atoms with Crippen molar-refractivity contribution in [3.63, 3.8) is 0 Å². The van der Waals surface area contributed by atoms with Crippen LogP contribution in [-0.2, 0) is 9.59 Å². The Balaban J connectivity index is 1.76. The summed E-state index contributed by atoms with van der Waals surface area (Å²) in [6.07, 6.45) is 7.61. The van der Waals surface area contributed by atoms with E-state index in [4.69, 9.17) is 16.3 Å². The third kappa shape index (κ3) is 5.89. The highest BCUT2D eigenvalue weighted by atomic mass is 35.5. The van der Waals surface area contributed by atoms with Crippen LogP contribution in [0.3, 0.4) is 0 Å². The van der Waals surface area contributed by atoms with Gasteiger partial charge in [-0.15, -0.1) is 0 Å². The number of benzene rings is 1. The fraction of sp³-hybridized carbons (Fsp3) is 0.444.